The Morgan fingerprint density at radius 2 is 2.33 bits per heavy atom. The summed E-state index contributed by atoms with van der Waals surface area (Å²) in [5.41, 5.74) is 0.853. The van der Waals surface area contributed by atoms with Crippen molar-refractivity contribution in [2.45, 2.75) is 12.3 Å². The van der Waals surface area contributed by atoms with Crippen LogP contribution in [0.3, 0.4) is 0 Å². The van der Waals surface area contributed by atoms with Gasteiger partial charge < -0.3 is 4.52 Å². The molecule has 96 valence electrons. The molecule has 3 rings (SSSR count). The van der Waals surface area contributed by atoms with Crippen LogP contribution in [-0.2, 0) is 9.84 Å². The summed E-state index contributed by atoms with van der Waals surface area (Å²) in [6.07, 6.45) is 0.578. The summed E-state index contributed by atoms with van der Waals surface area (Å²) < 4.78 is 29.0. The van der Waals surface area contributed by atoms with Gasteiger partial charge >= 0.3 is 0 Å². The van der Waals surface area contributed by atoms with Gasteiger partial charge in [0.2, 0.25) is 0 Å². The van der Waals surface area contributed by atoms with Gasteiger partial charge in [0.05, 0.1) is 20.9 Å². The van der Waals surface area contributed by atoms with Gasteiger partial charge in [-0.25, -0.2) is 8.42 Å². The molecule has 2 aromatic heterocycles. The molecule has 0 spiro atoms. The Bertz CT molecular complexity index is 677. The van der Waals surface area contributed by atoms with Gasteiger partial charge in [0.1, 0.15) is 0 Å². The summed E-state index contributed by atoms with van der Waals surface area (Å²) in [6.45, 7) is 0. The molecule has 0 aliphatic carbocycles. The molecule has 5 nitrogen and oxygen atoms in total. The lowest BCUT2D eigenvalue weighted by Gasteiger charge is -1.97. The second kappa shape index (κ2) is 4.43. The van der Waals surface area contributed by atoms with Crippen LogP contribution in [0.4, 0.5) is 0 Å². The van der Waals surface area contributed by atoms with Gasteiger partial charge in [-0.2, -0.15) is 4.98 Å². The average molecular weight is 349 g/mol. The number of nitrogens with zero attached hydrogens (tertiary/aromatic N) is 2. The molecule has 1 saturated heterocycles. The summed E-state index contributed by atoms with van der Waals surface area (Å²) in [7, 11) is -2.92. The molecule has 1 fully saturated rings. The van der Waals surface area contributed by atoms with Crippen LogP contribution < -0.4 is 0 Å². The predicted octanol–water partition coefficient (Wildman–Crippen LogP) is 2.46. The maximum atomic E-state index is 11.4. The van der Waals surface area contributed by atoms with Crippen molar-refractivity contribution in [1.82, 2.24) is 10.1 Å². The minimum Gasteiger partial charge on any atom is -0.334 e. The predicted molar refractivity (Wildman–Crippen MR) is 71.3 cm³/mol. The number of aromatic nitrogens is 2. The third-order valence-electron chi connectivity index (χ3n) is 2.85. The first-order chi connectivity index (χ1) is 8.53. The molecule has 0 radical (unpaired) electrons. The molecule has 8 heteroatoms. The average Bonchev–Trinajstić information content (AvgIpc) is 2.96. The van der Waals surface area contributed by atoms with E-state index in [-0.39, 0.29) is 17.4 Å². The summed E-state index contributed by atoms with van der Waals surface area (Å²) >= 11 is 4.90. The fourth-order valence-corrected chi connectivity index (χ4v) is 4.81. The van der Waals surface area contributed by atoms with Gasteiger partial charge in [-0.05, 0) is 28.4 Å². The van der Waals surface area contributed by atoms with E-state index >= 15 is 0 Å². The number of sulfone groups is 1. The van der Waals surface area contributed by atoms with E-state index in [9.17, 15) is 8.42 Å². The first-order valence-electron chi connectivity index (χ1n) is 5.32. The Morgan fingerprint density at radius 1 is 1.50 bits per heavy atom. The molecule has 0 bridgehead atoms. The fourth-order valence-electron chi connectivity index (χ4n) is 1.94. The molecule has 18 heavy (non-hydrogen) atoms. The van der Waals surface area contributed by atoms with Crippen molar-refractivity contribution in [2.24, 2.45) is 0 Å². The zero-order chi connectivity index (χ0) is 12.8. The van der Waals surface area contributed by atoms with Gasteiger partial charge in [0.15, 0.2) is 15.7 Å². The minimum atomic E-state index is -2.92. The van der Waals surface area contributed by atoms with E-state index in [0.717, 1.165) is 9.35 Å². The first kappa shape index (κ1) is 12.3. The van der Waals surface area contributed by atoms with E-state index in [1.54, 1.807) is 0 Å². The molecule has 1 aliphatic heterocycles. The highest BCUT2D eigenvalue weighted by molar-refractivity contribution is 9.11. The van der Waals surface area contributed by atoms with E-state index in [1.807, 2.05) is 11.4 Å². The van der Waals surface area contributed by atoms with Crippen LogP contribution in [0.2, 0.25) is 0 Å². The van der Waals surface area contributed by atoms with E-state index in [4.69, 9.17) is 4.52 Å². The Labute approximate surface area is 116 Å². The molecule has 1 unspecified atom stereocenters. The van der Waals surface area contributed by atoms with Gasteiger partial charge in [0, 0.05) is 11.3 Å². The van der Waals surface area contributed by atoms with Crippen molar-refractivity contribution in [2.75, 3.05) is 11.5 Å². The van der Waals surface area contributed by atoms with E-state index in [1.165, 1.54) is 11.3 Å². The molecule has 1 aliphatic rings. The lowest BCUT2D eigenvalue weighted by molar-refractivity contribution is 0.418. The molecule has 0 amide bonds. The SMILES string of the molecule is O=S1(=O)CCC(c2noc(-c3csc(Br)c3)n2)C1. The maximum Gasteiger partial charge on any atom is 0.258 e. The molecule has 2 aromatic rings. The van der Waals surface area contributed by atoms with E-state index in [0.29, 0.717) is 18.1 Å². The number of rotatable bonds is 2. The second-order valence-electron chi connectivity index (χ2n) is 4.20. The third kappa shape index (κ3) is 2.36. The Morgan fingerprint density at radius 3 is 2.94 bits per heavy atom. The van der Waals surface area contributed by atoms with Gasteiger partial charge in [-0.15, -0.1) is 11.3 Å². The molecule has 0 saturated carbocycles. The van der Waals surface area contributed by atoms with Crippen LogP contribution in [-0.4, -0.2) is 30.1 Å². The van der Waals surface area contributed by atoms with Crippen LogP contribution in [0.25, 0.3) is 11.5 Å². The molecule has 0 N–H and O–H groups in total. The smallest absolute Gasteiger partial charge is 0.258 e. The van der Waals surface area contributed by atoms with Crippen LogP contribution in [0.5, 0.6) is 0 Å². The van der Waals surface area contributed by atoms with Gasteiger partial charge in [0.25, 0.3) is 5.89 Å². The van der Waals surface area contributed by atoms with Crippen LogP contribution in [0.1, 0.15) is 18.2 Å². The summed E-state index contributed by atoms with van der Waals surface area (Å²) in [4.78, 5) is 4.28. The Balaban J connectivity index is 1.86. The lowest BCUT2D eigenvalue weighted by atomic mass is 10.1. The molecular formula is C10H9BrN2O3S2. The Kier molecular flexibility index (Phi) is 3.03. The monoisotopic (exact) mass is 348 g/mol. The largest absolute Gasteiger partial charge is 0.334 e. The van der Waals surface area contributed by atoms with Gasteiger partial charge in [-0.3, -0.25) is 0 Å². The van der Waals surface area contributed by atoms with Crippen molar-refractivity contribution < 1.29 is 12.9 Å². The van der Waals surface area contributed by atoms with Gasteiger partial charge in [-0.1, -0.05) is 5.16 Å². The minimum absolute atomic E-state index is 0.124. The lowest BCUT2D eigenvalue weighted by Crippen LogP contribution is -2.04. The number of thiophene rings is 1. The van der Waals surface area contributed by atoms with Crippen molar-refractivity contribution in [3.8, 4) is 11.5 Å². The standard InChI is InChI=1S/C10H9BrN2O3S2/c11-8-3-7(4-17-8)10-12-9(13-16-10)6-1-2-18(14,15)5-6/h3-4,6H,1-2,5H2. The highest BCUT2D eigenvalue weighted by Gasteiger charge is 2.32. The van der Waals surface area contributed by atoms with Crippen molar-refractivity contribution in [3.63, 3.8) is 0 Å². The van der Waals surface area contributed by atoms with Crippen molar-refractivity contribution in [1.29, 1.82) is 0 Å². The Hall–Kier alpha value is -0.730. The highest BCUT2D eigenvalue weighted by Crippen LogP contribution is 2.31. The molecule has 1 atom stereocenters. The molecular weight excluding hydrogens is 340 g/mol. The summed E-state index contributed by atoms with van der Waals surface area (Å²) in [5, 5.41) is 5.80. The van der Waals surface area contributed by atoms with E-state index in [2.05, 4.69) is 26.1 Å². The van der Waals surface area contributed by atoms with Crippen LogP contribution in [0.15, 0.2) is 19.8 Å². The number of hydrogen-bond donors (Lipinski definition) is 0. The summed E-state index contributed by atoms with van der Waals surface area (Å²) in [6, 6.07) is 1.90. The third-order valence-corrected chi connectivity index (χ3v) is 6.13. The zero-order valence-electron chi connectivity index (χ0n) is 9.17. The van der Waals surface area contributed by atoms with Crippen molar-refractivity contribution >= 4 is 37.1 Å². The molecule has 3 heterocycles. The maximum absolute atomic E-state index is 11.4. The quantitative estimate of drug-likeness (QED) is 0.833. The highest BCUT2D eigenvalue weighted by atomic mass is 79.9. The fraction of sp³-hybridized carbons (Fsp3) is 0.400. The normalized spacial score (nSPS) is 22.4. The number of halogens is 1. The van der Waals surface area contributed by atoms with Crippen LogP contribution in [0, 0.1) is 0 Å². The van der Waals surface area contributed by atoms with Crippen molar-refractivity contribution in [3.05, 3.63) is 21.1 Å². The zero-order valence-corrected chi connectivity index (χ0v) is 12.4. The van der Waals surface area contributed by atoms with E-state index < -0.39 is 9.84 Å². The topological polar surface area (TPSA) is 73.1 Å². The number of hydrogen-bond acceptors (Lipinski definition) is 6. The van der Waals surface area contributed by atoms with Crippen LogP contribution >= 0.6 is 27.3 Å². The molecule has 0 aromatic carbocycles. The summed E-state index contributed by atoms with van der Waals surface area (Å²) in [5.74, 6) is 1.14. The second-order valence-corrected chi connectivity index (χ2v) is 8.72. The first-order valence-corrected chi connectivity index (χ1v) is 8.81.